The van der Waals surface area contributed by atoms with Gasteiger partial charge >= 0.3 is 0 Å². The number of rotatable bonds is 5. The van der Waals surface area contributed by atoms with Crippen LogP contribution in [0.4, 0.5) is 0 Å². The maximum atomic E-state index is 12.2. The lowest BCUT2D eigenvalue weighted by atomic mass is 10.1. The fourth-order valence-electron chi connectivity index (χ4n) is 2.52. The fraction of sp³-hybridized carbons (Fsp3) is 0.294. The second-order valence-corrected chi connectivity index (χ2v) is 7.09. The molecule has 0 saturated carbocycles. The van der Waals surface area contributed by atoms with Crippen LogP contribution in [0.25, 0.3) is 5.57 Å². The van der Waals surface area contributed by atoms with E-state index in [1.54, 1.807) is 11.3 Å². The molecule has 1 aliphatic heterocycles. The molecule has 0 unspecified atom stereocenters. The Bertz CT molecular complexity index is 672. The molecule has 1 amide bonds. The van der Waals surface area contributed by atoms with Crippen molar-refractivity contribution in [3.8, 4) is 0 Å². The minimum absolute atomic E-state index is 0.0650. The lowest BCUT2D eigenvalue weighted by Crippen LogP contribution is -2.34. The Morgan fingerprint density at radius 3 is 2.55 bits per heavy atom. The monoisotopic (exact) mass is 331 g/mol. The van der Waals surface area contributed by atoms with Gasteiger partial charge in [0, 0.05) is 30.8 Å². The van der Waals surface area contributed by atoms with E-state index in [1.807, 2.05) is 22.4 Å². The summed E-state index contributed by atoms with van der Waals surface area (Å²) in [5.74, 6) is 0.140. The van der Waals surface area contributed by atoms with Crippen LogP contribution in [0.3, 0.4) is 0 Å². The van der Waals surface area contributed by atoms with E-state index >= 15 is 0 Å². The predicted molar refractivity (Wildman–Crippen MR) is 91.4 cm³/mol. The number of nitrogens with zero attached hydrogens (tertiary/aromatic N) is 1. The van der Waals surface area contributed by atoms with Crippen LogP contribution in [0.15, 0.2) is 41.1 Å². The summed E-state index contributed by atoms with van der Waals surface area (Å²) in [7, 11) is 0. The van der Waals surface area contributed by atoms with E-state index in [1.165, 1.54) is 21.8 Å². The van der Waals surface area contributed by atoms with E-state index in [9.17, 15) is 9.59 Å². The van der Waals surface area contributed by atoms with Crippen molar-refractivity contribution in [2.45, 2.75) is 19.3 Å². The molecule has 0 N–H and O–H groups in total. The average Bonchev–Trinajstić information content (AvgIpc) is 3.25. The Hall–Kier alpha value is -1.72. The highest BCUT2D eigenvalue weighted by atomic mass is 32.1. The molecule has 0 spiro atoms. The topological polar surface area (TPSA) is 37.4 Å². The average molecular weight is 331 g/mol. The summed E-state index contributed by atoms with van der Waals surface area (Å²) in [5.41, 5.74) is 1.33. The highest BCUT2D eigenvalue weighted by molar-refractivity contribution is 7.12. The van der Waals surface area contributed by atoms with Crippen LogP contribution in [0.1, 0.15) is 33.8 Å². The number of Topliss-reactive ketones (excluding diaryl/α,β-unsaturated/α-hetero) is 1. The van der Waals surface area contributed by atoms with Gasteiger partial charge in [-0.1, -0.05) is 18.2 Å². The van der Waals surface area contributed by atoms with E-state index in [0.29, 0.717) is 19.4 Å². The molecule has 0 fully saturated rings. The van der Waals surface area contributed by atoms with Crippen molar-refractivity contribution in [3.63, 3.8) is 0 Å². The summed E-state index contributed by atoms with van der Waals surface area (Å²) in [6.45, 7) is 1.40. The Kier molecular flexibility index (Phi) is 4.85. The van der Waals surface area contributed by atoms with Crippen LogP contribution < -0.4 is 0 Å². The van der Waals surface area contributed by atoms with Crippen LogP contribution in [-0.4, -0.2) is 29.7 Å². The van der Waals surface area contributed by atoms with Crippen molar-refractivity contribution < 1.29 is 9.59 Å². The van der Waals surface area contributed by atoms with E-state index in [2.05, 4.69) is 23.6 Å². The van der Waals surface area contributed by atoms with Crippen molar-refractivity contribution in [3.05, 3.63) is 50.9 Å². The van der Waals surface area contributed by atoms with Gasteiger partial charge in [0.15, 0.2) is 5.78 Å². The zero-order valence-corrected chi connectivity index (χ0v) is 13.8. The first kappa shape index (κ1) is 15.2. The van der Waals surface area contributed by atoms with Crippen LogP contribution in [0.5, 0.6) is 0 Å². The van der Waals surface area contributed by atoms with E-state index < -0.39 is 0 Å². The number of carbonyl (C=O) groups excluding carboxylic acids is 2. The molecule has 22 heavy (non-hydrogen) atoms. The molecule has 0 aromatic carbocycles. The lowest BCUT2D eigenvalue weighted by molar-refractivity contribution is -0.130. The zero-order chi connectivity index (χ0) is 15.4. The quantitative estimate of drug-likeness (QED) is 0.774. The molecule has 3 heterocycles. The first-order valence-electron chi connectivity index (χ1n) is 7.31. The van der Waals surface area contributed by atoms with Crippen LogP contribution >= 0.6 is 22.7 Å². The molecule has 0 bridgehead atoms. The van der Waals surface area contributed by atoms with E-state index in [0.717, 1.165) is 17.8 Å². The molecule has 0 radical (unpaired) electrons. The molecule has 1 aliphatic rings. The van der Waals surface area contributed by atoms with Gasteiger partial charge in [-0.3, -0.25) is 9.59 Å². The van der Waals surface area contributed by atoms with Crippen LogP contribution in [-0.2, 0) is 4.79 Å². The Labute approximate surface area is 137 Å². The Balaban J connectivity index is 1.51. The van der Waals surface area contributed by atoms with Gasteiger partial charge in [-0.15, -0.1) is 22.7 Å². The van der Waals surface area contributed by atoms with Gasteiger partial charge in [0.2, 0.25) is 5.91 Å². The third-order valence-corrected chi connectivity index (χ3v) is 5.62. The van der Waals surface area contributed by atoms with Crippen molar-refractivity contribution >= 4 is 39.9 Å². The lowest BCUT2D eigenvalue weighted by Gasteiger charge is -2.26. The van der Waals surface area contributed by atoms with Crippen molar-refractivity contribution in [1.82, 2.24) is 4.90 Å². The molecule has 2 aromatic heterocycles. The molecule has 0 atom stereocenters. The van der Waals surface area contributed by atoms with Crippen molar-refractivity contribution in [2.24, 2.45) is 0 Å². The van der Waals surface area contributed by atoms with Gasteiger partial charge in [0.25, 0.3) is 0 Å². The maximum Gasteiger partial charge on any atom is 0.223 e. The standard InChI is InChI=1S/C17H17NO2S2/c19-14(16-4-2-12-22-16)5-6-17(20)18-9-7-13(8-10-18)15-3-1-11-21-15/h1-4,7,11-12H,5-6,8-10H2. The highest BCUT2D eigenvalue weighted by Gasteiger charge is 2.19. The molecule has 5 heteroatoms. The molecule has 0 saturated heterocycles. The third-order valence-electron chi connectivity index (χ3n) is 3.76. The zero-order valence-electron chi connectivity index (χ0n) is 12.2. The van der Waals surface area contributed by atoms with Gasteiger partial charge < -0.3 is 4.90 Å². The molecule has 114 valence electrons. The molecular formula is C17H17NO2S2. The summed E-state index contributed by atoms with van der Waals surface area (Å²) in [6, 6.07) is 7.85. The maximum absolute atomic E-state index is 12.2. The summed E-state index contributed by atoms with van der Waals surface area (Å²) < 4.78 is 0. The SMILES string of the molecule is O=C(CCC(=O)N1CC=C(c2cccs2)CC1)c1cccs1. The fourth-order valence-corrected chi connectivity index (χ4v) is 4.01. The van der Waals surface area contributed by atoms with Gasteiger partial charge in [-0.05, 0) is 34.9 Å². The Morgan fingerprint density at radius 1 is 1.09 bits per heavy atom. The molecular weight excluding hydrogens is 314 g/mol. The highest BCUT2D eigenvalue weighted by Crippen LogP contribution is 2.26. The van der Waals surface area contributed by atoms with Crippen molar-refractivity contribution in [2.75, 3.05) is 13.1 Å². The number of hydrogen-bond donors (Lipinski definition) is 0. The number of carbonyl (C=O) groups is 2. The summed E-state index contributed by atoms with van der Waals surface area (Å²) >= 11 is 3.17. The van der Waals surface area contributed by atoms with E-state index in [4.69, 9.17) is 0 Å². The van der Waals surface area contributed by atoms with Crippen molar-refractivity contribution in [1.29, 1.82) is 0 Å². The Morgan fingerprint density at radius 2 is 1.91 bits per heavy atom. The van der Waals surface area contributed by atoms with E-state index in [-0.39, 0.29) is 11.7 Å². The smallest absolute Gasteiger partial charge is 0.223 e. The van der Waals surface area contributed by atoms with Gasteiger partial charge in [0.1, 0.15) is 0 Å². The number of hydrogen-bond acceptors (Lipinski definition) is 4. The first-order chi connectivity index (χ1) is 10.7. The first-order valence-corrected chi connectivity index (χ1v) is 9.07. The number of ketones is 1. The molecule has 2 aromatic rings. The minimum atomic E-state index is 0.0650. The second kappa shape index (κ2) is 7.03. The molecule has 3 nitrogen and oxygen atoms in total. The van der Waals surface area contributed by atoms with Crippen LogP contribution in [0.2, 0.25) is 0 Å². The molecule has 3 rings (SSSR count). The largest absolute Gasteiger partial charge is 0.339 e. The summed E-state index contributed by atoms with van der Waals surface area (Å²) in [5, 5.41) is 3.96. The minimum Gasteiger partial charge on any atom is -0.339 e. The molecule has 0 aliphatic carbocycles. The normalized spacial score (nSPS) is 14.7. The third kappa shape index (κ3) is 3.54. The van der Waals surface area contributed by atoms with Crippen LogP contribution in [0, 0.1) is 0 Å². The van der Waals surface area contributed by atoms with Gasteiger partial charge in [-0.2, -0.15) is 0 Å². The number of thiophene rings is 2. The van der Waals surface area contributed by atoms with Gasteiger partial charge in [-0.25, -0.2) is 0 Å². The second-order valence-electron chi connectivity index (χ2n) is 5.20. The predicted octanol–water partition coefficient (Wildman–Crippen LogP) is 4.09. The summed E-state index contributed by atoms with van der Waals surface area (Å²) in [6.07, 6.45) is 3.63. The number of amides is 1. The van der Waals surface area contributed by atoms with Gasteiger partial charge in [0.05, 0.1) is 4.88 Å². The summed E-state index contributed by atoms with van der Waals surface area (Å²) in [4.78, 5) is 28.0.